The van der Waals surface area contributed by atoms with Crippen molar-refractivity contribution in [1.29, 1.82) is 0 Å². The van der Waals surface area contributed by atoms with Gasteiger partial charge in [0.2, 0.25) is 5.91 Å². The minimum Gasteiger partial charge on any atom is -0.304 e. The fourth-order valence-electron chi connectivity index (χ4n) is 1.42. The van der Waals surface area contributed by atoms with Crippen molar-refractivity contribution in [2.45, 2.75) is 19.1 Å². The third-order valence-electron chi connectivity index (χ3n) is 2.37. The van der Waals surface area contributed by atoms with Gasteiger partial charge in [0.1, 0.15) is 0 Å². The second-order valence-electron chi connectivity index (χ2n) is 3.77. The molecule has 1 atom stereocenters. The van der Waals surface area contributed by atoms with Gasteiger partial charge >= 0.3 is 0 Å². The Morgan fingerprint density at radius 1 is 1.47 bits per heavy atom. The molecule has 5 heteroatoms. The molecule has 1 aliphatic heterocycles. The molecule has 0 radical (unpaired) electrons. The van der Waals surface area contributed by atoms with Crippen molar-refractivity contribution in [3.8, 4) is 0 Å². The lowest BCUT2D eigenvalue weighted by Gasteiger charge is -1.99. The van der Waals surface area contributed by atoms with Crippen LogP contribution in [0.4, 0.5) is 5.69 Å². The lowest BCUT2D eigenvalue weighted by atomic mass is 10.1. The summed E-state index contributed by atoms with van der Waals surface area (Å²) in [5.41, 5.74) is 1.30. The van der Waals surface area contributed by atoms with Crippen LogP contribution in [-0.4, -0.2) is 22.1 Å². The molecule has 1 amide bonds. The van der Waals surface area contributed by atoms with Crippen molar-refractivity contribution in [3.05, 3.63) is 29.8 Å². The number of thioether (sulfide) groups is 1. The molecule has 1 aliphatic rings. The van der Waals surface area contributed by atoms with E-state index in [1.54, 1.807) is 24.3 Å². The summed E-state index contributed by atoms with van der Waals surface area (Å²) < 4.78 is 0. The first-order chi connectivity index (χ1) is 8.06. The molecule has 0 aliphatic carbocycles. The SMILES string of the molecule is CC(=O)c1cccc(N=C2NC(=O)[C@@H](C)S2)c1. The molecule has 1 aromatic carbocycles. The third-order valence-corrected chi connectivity index (χ3v) is 3.36. The Morgan fingerprint density at radius 2 is 2.24 bits per heavy atom. The van der Waals surface area contributed by atoms with E-state index in [2.05, 4.69) is 10.3 Å². The Kier molecular flexibility index (Phi) is 3.28. The van der Waals surface area contributed by atoms with Crippen LogP contribution in [0.25, 0.3) is 0 Å². The monoisotopic (exact) mass is 248 g/mol. The average Bonchev–Trinajstić information content (AvgIpc) is 2.58. The van der Waals surface area contributed by atoms with Crippen LogP contribution in [0, 0.1) is 0 Å². The summed E-state index contributed by atoms with van der Waals surface area (Å²) >= 11 is 1.39. The first kappa shape index (κ1) is 11.9. The van der Waals surface area contributed by atoms with E-state index in [-0.39, 0.29) is 16.9 Å². The van der Waals surface area contributed by atoms with E-state index in [1.165, 1.54) is 18.7 Å². The summed E-state index contributed by atoms with van der Waals surface area (Å²) in [6.07, 6.45) is 0. The maximum atomic E-state index is 11.3. The zero-order valence-electron chi connectivity index (χ0n) is 9.56. The van der Waals surface area contributed by atoms with Gasteiger partial charge in [-0.15, -0.1) is 0 Å². The number of hydrogen-bond donors (Lipinski definition) is 1. The molecular weight excluding hydrogens is 236 g/mol. The third kappa shape index (κ3) is 2.74. The number of Topliss-reactive ketones (excluding diaryl/α,β-unsaturated/α-hetero) is 1. The van der Waals surface area contributed by atoms with Crippen LogP contribution in [-0.2, 0) is 4.79 Å². The highest BCUT2D eigenvalue weighted by Gasteiger charge is 2.25. The quantitative estimate of drug-likeness (QED) is 0.816. The Hall–Kier alpha value is -1.62. The fraction of sp³-hybridized carbons (Fsp3) is 0.250. The van der Waals surface area contributed by atoms with Gasteiger partial charge in [-0.2, -0.15) is 0 Å². The predicted octanol–water partition coefficient (Wildman–Crippen LogP) is 2.13. The highest BCUT2D eigenvalue weighted by molar-refractivity contribution is 8.15. The molecule has 1 fully saturated rings. The Balaban J connectivity index is 2.24. The number of nitrogens with zero attached hydrogens (tertiary/aromatic N) is 1. The summed E-state index contributed by atoms with van der Waals surface area (Å²) in [7, 11) is 0. The molecule has 1 N–H and O–H groups in total. The highest BCUT2D eigenvalue weighted by atomic mass is 32.2. The highest BCUT2D eigenvalue weighted by Crippen LogP contribution is 2.22. The molecule has 2 rings (SSSR count). The van der Waals surface area contributed by atoms with Crippen LogP contribution in [0.5, 0.6) is 0 Å². The molecule has 1 aromatic rings. The van der Waals surface area contributed by atoms with E-state index in [4.69, 9.17) is 0 Å². The number of aliphatic imine (C=N–C) groups is 1. The summed E-state index contributed by atoms with van der Waals surface area (Å²) in [5, 5.41) is 3.17. The molecular formula is C12H12N2O2S. The summed E-state index contributed by atoms with van der Waals surface area (Å²) in [4.78, 5) is 26.8. The van der Waals surface area contributed by atoms with Crippen molar-refractivity contribution in [2.75, 3.05) is 0 Å². The van der Waals surface area contributed by atoms with Gasteiger partial charge < -0.3 is 5.32 Å². The summed E-state index contributed by atoms with van der Waals surface area (Å²) in [6, 6.07) is 7.04. The van der Waals surface area contributed by atoms with Crippen LogP contribution in [0.3, 0.4) is 0 Å². The number of amidine groups is 1. The first-order valence-corrected chi connectivity index (χ1v) is 6.11. The second-order valence-corrected chi connectivity index (χ2v) is 5.10. The number of rotatable bonds is 2. The first-order valence-electron chi connectivity index (χ1n) is 5.23. The smallest absolute Gasteiger partial charge is 0.239 e. The van der Waals surface area contributed by atoms with Crippen molar-refractivity contribution >= 4 is 34.3 Å². The molecule has 1 saturated heterocycles. The van der Waals surface area contributed by atoms with Gasteiger partial charge in [-0.05, 0) is 26.0 Å². The van der Waals surface area contributed by atoms with E-state index in [9.17, 15) is 9.59 Å². The topological polar surface area (TPSA) is 58.5 Å². The lowest BCUT2D eigenvalue weighted by molar-refractivity contribution is -0.118. The Bertz CT molecular complexity index is 511. The number of ketones is 1. The summed E-state index contributed by atoms with van der Waals surface area (Å²) in [5.74, 6) is -0.0278. The molecule has 4 nitrogen and oxygen atoms in total. The van der Waals surface area contributed by atoms with Gasteiger partial charge in [0, 0.05) is 5.56 Å². The number of carbonyl (C=O) groups excluding carboxylic acids is 2. The van der Waals surface area contributed by atoms with Crippen LogP contribution in [0.2, 0.25) is 0 Å². The van der Waals surface area contributed by atoms with Crippen molar-refractivity contribution in [2.24, 2.45) is 4.99 Å². The zero-order valence-corrected chi connectivity index (χ0v) is 10.4. The van der Waals surface area contributed by atoms with Gasteiger partial charge in [0.25, 0.3) is 0 Å². The normalized spacial score (nSPS) is 21.6. The maximum absolute atomic E-state index is 11.3. The average molecular weight is 248 g/mol. The zero-order chi connectivity index (χ0) is 12.4. The van der Waals surface area contributed by atoms with Crippen LogP contribution in [0.15, 0.2) is 29.3 Å². The van der Waals surface area contributed by atoms with E-state index in [0.717, 1.165) is 0 Å². The van der Waals surface area contributed by atoms with Crippen LogP contribution >= 0.6 is 11.8 Å². The number of benzene rings is 1. The van der Waals surface area contributed by atoms with Crippen molar-refractivity contribution < 1.29 is 9.59 Å². The molecule has 88 valence electrons. The van der Waals surface area contributed by atoms with Gasteiger partial charge in [-0.3, -0.25) is 9.59 Å². The standard InChI is InChI=1S/C12H12N2O2S/c1-7(15)9-4-3-5-10(6-9)13-12-14-11(16)8(2)17-12/h3-6,8H,1-2H3,(H,13,14,16)/t8-/m1/s1. The second kappa shape index (κ2) is 4.71. The van der Waals surface area contributed by atoms with Crippen LogP contribution < -0.4 is 5.32 Å². The van der Waals surface area contributed by atoms with E-state index >= 15 is 0 Å². The molecule has 0 aromatic heterocycles. The van der Waals surface area contributed by atoms with Crippen molar-refractivity contribution in [3.63, 3.8) is 0 Å². The fourth-order valence-corrected chi connectivity index (χ4v) is 2.24. The van der Waals surface area contributed by atoms with E-state index in [0.29, 0.717) is 16.4 Å². The number of carbonyl (C=O) groups is 2. The van der Waals surface area contributed by atoms with E-state index in [1.807, 2.05) is 6.92 Å². The number of nitrogens with one attached hydrogen (secondary N) is 1. The van der Waals surface area contributed by atoms with Gasteiger partial charge in [-0.25, -0.2) is 4.99 Å². The Labute approximate surface area is 104 Å². The predicted molar refractivity (Wildman–Crippen MR) is 68.7 cm³/mol. The molecule has 17 heavy (non-hydrogen) atoms. The minimum absolute atomic E-state index is 0.00327. The molecule has 0 spiro atoms. The van der Waals surface area contributed by atoms with E-state index < -0.39 is 0 Å². The van der Waals surface area contributed by atoms with Gasteiger partial charge in [-0.1, -0.05) is 23.9 Å². The van der Waals surface area contributed by atoms with Crippen molar-refractivity contribution in [1.82, 2.24) is 5.32 Å². The number of hydrogen-bond acceptors (Lipinski definition) is 4. The largest absolute Gasteiger partial charge is 0.304 e. The number of amides is 1. The lowest BCUT2D eigenvalue weighted by Crippen LogP contribution is -2.23. The van der Waals surface area contributed by atoms with Crippen LogP contribution in [0.1, 0.15) is 24.2 Å². The minimum atomic E-state index is -0.107. The maximum Gasteiger partial charge on any atom is 0.239 e. The van der Waals surface area contributed by atoms with Gasteiger partial charge in [0.15, 0.2) is 11.0 Å². The summed E-state index contributed by atoms with van der Waals surface area (Å²) in [6.45, 7) is 3.34. The Morgan fingerprint density at radius 3 is 2.82 bits per heavy atom. The molecule has 0 unspecified atom stereocenters. The van der Waals surface area contributed by atoms with Gasteiger partial charge in [0.05, 0.1) is 10.9 Å². The molecule has 1 heterocycles. The molecule has 0 bridgehead atoms. The molecule has 0 saturated carbocycles.